The van der Waals surface area contributed by atoms with Crippen molar-refractivity contribution in [3.8, 4) is 0 Å². The van der Waals surface area contributed by atoms with Gasteiger partial charge in [-0.15, -0.1) is 0 Å². The van der Waals surface area contributed by atoms with Crippen LogP contribution in [0.15, 0.2) is 47.0 Å². The van der Waals surface area contributed by atoms with Crippen LogP contribution in [-0.4, -0.2) is 38.4 Å². The second kappa shape index (κ2) is 10.9. The maximum absolute atomic E-state index is 11.9. The van der Waals surface area contributed by atoms with Crippen LogP contribution < -0.4 is 0 Å². The number of esters is 2. The average molecular weight is 329 g/mol. The van der Waals surface area contributed by atoms with Gasteiger partial charge in [0.2, 0.25) is 0 Å². The van der Waals surface area contributed by atoms with Crippen molar-refractivity contribution in [2.45, 2.75) is 20.3 Å². The average Bonchev–Trinajstić information content (AvgIpc) is 2.61. The summed E-state index contributed by atoms with van der Waals surface area (Å²) in [7, 11) is 1.34. The van der Waals surface area contributed by atoms with Crippen LogP contribution in [0.2, 0.25) is 0 Å². The van der Waals surface area contributed by atoms with Gasteiger partial charge < -0.3 is 9.47 Å². The fourth-order valence-corrected chi connectivity index (χ4v) is 1.78. The molecule has 0 amide bonds. The molecule has 5 nitrogen and oxygen atoms in total. The number of nitrogens with zero attached hydrogens (tertiary/aromatic N) is 1. The molecule has 0 aliphatic carbocycles. The van der Waals surface area contributed by atoms with E-state index in [1.165, 1.54) is 7.11 Å². The highest BCUT2D eigenvalue weighted by atomic mass is 16.5. The van der Waals surface area contributed by atoms with Crippen molar-refractivity contribution in [3.05, 3.63) is 53.1 Å². The minimum Gasteiger partial charge on any atom is -0.465 e. The van der Waals surface area contributed by atoms with Crippen LogP contribution in [0.5, 0.6) is 0 Å². The number of hydrogen-bond donors (Lipinski definition) is 0. The molecule has 24 heavy (non-hydrogen) atoms. The molecule has 0 unspecified atom stereocenters. The minimum atomic E-state index is -0.400. The lowest BCUT2D eigenvalue weighted by Gasteiger charge is -2.02. The van der Waals surface area contributed by atoms with E-state index in [1.54, 1.807) is 55.6 Å². The molecule has 1 aromatic rings. The molecule has 5 heteroatoms. The molecule has 128 valence electrons. The number of allylic oxidation sites excluding steroid dienone is 1. The van der Waals surface area contributed by atoms with Crippen molar-refractivity contribution in [1.82, 2.24) is 0 Å². The first kappa shape index (κ1) is 19.4. The van der Waals surface area contributed by atoms with Crippen LogP contribution in [0.3, 0.4) is 0 Å². The van der Waals surface area contributed by atoms with E-state index >= 15 is 0 Å². The zero-order valence-electron chi connectivity index (χ0n) is 14.3. The molecule has 0 spiro atoms. The van der Waals surface area contributed by atoms with E-state index in [4.69, 9.17) is 4.74 Å². The van der Waals surface area contributed by atoms with Crippen molar-refractivity contribution in [1.29, 1.82) is 0 Å². The van der Waals surface area contributed by atoms with Gasteiger partial charge in [-0.3, -0.25) is 4.99 Å². The lowest BCUT2D eigenvalue weighted by atomic mass is 10.1. The normalized spacial score (nSPS) is 11.9. The van der Waals surface area contributed by atoms with Gasteiger partial charge in [0.15, 0.2) is 0 Å². The Kier molecular flexibility index (Phi) is 8.82. The highest BCUT2D eigenvalue weighted by molar-refractivity contribution is 5.97. The molecule has 0 atom stereocenters. The van der Waals surface area contributed by atoms with Crippen molar-refractivity contribution in [2.75, 3.05) is 20.3 Å². The third-order valence-electron chi connectivity index (χ3n) is 3.01. The number of methoxy groups -OCH3 is 1. The third-order valence-corrected chi connectivity index (χ3v) is 3.01. The molecule has 0 saturated heterocycles. The van der Waals surface area contributed by atoms with E-state index in [9.17, 15) is 9.59 Å². The molecule has 0 N–H and O–H groups in total. The molecular formula is C19H23NO4. The quantitative estimate of drug-likeness (QED) is 0.317. The topological polar surface area (TPSA) is 65.0 Å². The van der Waals surface area contributed by atoms with E-state index in [0.29, 0.717) is 24.3 Å². The van der Waals surface area contributed by atoms with E-state index in [1.807, 2.05) is 6.92 Å². The smallest absolute Gasteiger partial charge is 0.338 e. The second-order valence-corrected chi connectivity index (χ2v) is 4.84. The summed E-state index contributed by atoms with van der Waals surface area (Å²) in [4.78, 5) is 27.5. The van der Waals surface area contributed by atoms with Crippen molar-refractivity contribution >= 4 is 24.2 Å². The molecule has 0 heterocycles. The van der Waals surface area contributed by atoms with Crippen molar-refractivity contribution in [2.24, 2.45) is 4.99 Å². The number of rotatable bonds is 8. The van der Waals surface area contributed by atoms with Gasteiger partial charge in [0, 0.05) is 12.8 Å². The van der Waals surface area contributed by atoms with E-state index in [2.05, 4.69) is 9.73 Å². The summed E-state index contributed by atoms with van der Waals surface area (Å²) in [5.41, 5.74) is 1.74. The predicted octanol–water partition coefficient (Wildman–Crippen LogP) is 3.46. The number of aliphatic imine (C=N–C) groups is 1. The molecule has 0 bridgehead atoms. The fraction of sp³-hybridized carbons (Fsp3) is 0.316. The highest BCUT2D eigenvalue weighted by Gasteiger charge is 2.07. The third kappa shape index (κ3) is 6.60. The number of hydrogen-bond acceptors (Lipinski definition) is 5. The summed E-state index contributed by atoms with van der Waals surface area (Å²) in [5, 5.41) is 0. The summed E-state index contributed by atoms with van der Waals surface area (Å²) in [6.45, 7) is 4.82. The Labute approximate surface area is 142 Å². The Bertz CT molecular complexity index is 627. The van der Waals surface area contributed by atoms with Crippen LogP contribution in [0, 0.1) is 0 Å². The van der Waals surface area contributed by atoms with Gasteiger partial charge in [-0.25, -0.2) is 9.59 Å². The van der Waals surface area contributed by atoms with Crippen LogP contribution in [0.4, 0.5) is 0 Å². The van der Waals surface area contributed by atoms with Gasteiger partial charge in [-0.2, -0.15) is 0 Å². The molecule has 0 aliphatic heterocycles. The number of benzene rings is 1. The van der Waals surface area contributed by atoms with Crippen LogP contribution in [0.1, 0.15) is 36.2 Å². The SMILES string of the molecule is CCCN=C/C=C(\C=C\c1ccc(C(=O)OC)cc1)C(=O)OCC. The van der Waals surface area contributed by atoms with E-state index in [0.717, 1.165) is 12.0 Å². The van der Waals surface area contributed by atoms with Gasteiger partial charge in [0.25, 0.3) is 0 Å². The van der Waals surface area contributed by atoms with Crippen LogP contribution in [0.25, 0.3) is 6.08 Å². The summed E-state index contributed by atoms with van der Waals surface area (Å²) in [5.74, 6) is -0.785. The number of carbonyl (C=O) groups is 2. The van der Waals surface area contributed by atoms with Gasteiger partial charge in [0.05, 0.1) is 24.9 Å². The van der Waals surface area contributed by atoms with Gasteiger partial charge in [-0.1, -0.05) is 25.1 Å². The highest BCUT2D eigenvalue weighted by Crippen LogP contribution is 2.10. The van der Waals surface area contributed by atoms with Gasteiger partial charge >= 0.3 is 11.9 Å². The first-order valence-corrected chi connectivity index (χ1v) is 7.86. The predicted molar refractivity (Wildman–Crippen MR) is 95.2 cm³/mol. The molecule has 1 rings (SSSR count). The summed E-state index contributed by atoms with van der Waals surface area (Å²) in [6, 6.07) is 6.89. The van der Waals surface area contributed by atoms with Crippen LogP contribution >= 0.6 is 0 Å². The van der Waals surface area contributed by atoms with E-state index in [-0.39, 0.29) is 5.97 Å². The number of carbonyl (C=O) groups excluding carboxylic acids is 2. The Balaban J connectivity index is 2.90. The Hall–Kier alpha value is -2.69. The van der Waals surface area contributed by atoms with Gasteiger partial charge in [0.1, 0.15) is 0 Å². The summed E-state index contributed by atoms with van der Waals surface area (Å²) < 4.78 is 9.69. The monoisotopic (exact) mass is 329 g/mol. The van der Waals surface area contributed by atoms with Crippen molar-refractivity contribution < 1.29 is 19.1 Å². The first-order valence-electron chi connectivity index (χ1n) is 7.86. The largest absolute Gasteiger partial charge is 0.465 e. The summed E-state index contributed by atoms with van der Waals surface area (Å²) >= 11 is 0. The molecular weight excluding hydrogens is 306 g/mol. The maximum atomic E-state index is 11.9. The zero-order chi connectivity index (χ0) is 17.8. The van der Waals surface area contributed by atoms with Crippen molar-refractivity contribution in [3.63, 3.8) is 0 Å². The molecule has 0 radical (unpaired) electrons. The lowest BCUT2D eigenvalue weighted by molar-refractivity contribution is -0.138. The molecule has 1 aromatic carbocycles. The van der Waals surface area contributed by atoms with Crippen LogP contribution in [-0.2, 0) is 14.3 Å². The molecule has 0 fully saturated rings. The van der Waals surface area contributed by atoms with E-state index < -0.39 is 5.97 Å². The standard InChI is InChI=1S/C19H23NO4/c1-4-13-20-14-12-17(19(22)24-5-2)11-8-15-6-9-16(10-7-15)18(21)23-3/h6-12,14H,4-5,13H2,1-3H3/b11-8+,17-12+,20-14?. The zero-order valence-corrected chi connectivity index (χ0v) is 14.3. The number of ether oxygens (including phenoxy) is 2. The molecule has 0 aliphatic rings. The minimum absolute atomic E-state index is 0.309. The Morgan fingerprint density at radius 1 is 1.17 bits per heavy atom. The fourth-order valence-electron chi connectivity index (χ4n) is 1.78. The molecule has 0 aromatic heterocycles. The first-order chi connectivity index (χ1) is 11.6. The van der Waals surface area contributed by atoms with Gasteiger partial charge in [-0.05, 0) is 43.2 Å². The Morgan fingerprint density at radius 3 is 2.46 bits per heavy atom. The summed E-state index contributed by atoms with van der Waals surface area (Å²) in [6.07, 6.45) is 7.63. The maximum Gasteiger partial charge on any atom is 0.338 e. The second-order valence-electron chi connectivity index (χ2n) is 4.84. The molecule has 0 saturated carbocycles. The Morgan fingerprint density at radius 2 is 1.88 bits per heavy atom. The lowest BCUT2D eigenvalue weighted by Crippen LogP contribution is -2.06.